The van der Waals surface area contributed by atoms with Crippen LogP contribution in [0.3, 0.4) is 0 Å². The summed E-state index contributed by atoms with van der Waals surface area (Å²) in [6.45, 7) is 4.77. The van der Waals surface area contributed by atoms with Crippen molar-refractivity contribution in [2.75, 3.05) is 19.6 Å². The van der Waals surface area contributed by atoms with Gasteiger partial charge in [-0.1, -0.05) is 18.6 Å². The molecule has 0 spiro atoms. The van der Waals surface area contributed by atoms with Crippen LogP contribution >= 0.6 is 0 Å². The van der Waals surface area contributed by atoms with Crippen LogP contribution in [0.5, 0.6) is 0 Å². The molecule has 23 heavy (non-hydrogen) atoms. The average molecular weight is 309 g/mol. The van der Waals surface area contributed by atoms with E-state index in [2.05, 4.69) is 39.5 Å². The van der Waals surface area contributed by atoms with Crippen LogP contribution in [0.15, 0.2) is 36.5 Å². The SMILES string of the molecule is c1cnc2ccc(CN3CCCCC3C3CCNCC3)cc2c1. The van der Waals surface area contributed by atoms with E-state index < -0.39 is 0 Å². The van der Waals surface area contributed by atoms with Gasteiger partial charge < -0.3 is 5.32 Å². The Morgan fingerprint density at radius 2 is 2.00 bits per heavy atom. The van der Waals surface area contributed by atoms with Crippen molar-refractivity contribution in [3.63, 3.8) is 0 Å². The predicted molar refractivity (Wildman–Crippen MR) is 95.4 cm³/mol. The summed E-state index contributed by atoms with van der Waals surface area (Å²) in [5.74, 6) is 0.888. The molecular formula is C20H27N3. The maximum Gasteiger partial charge on any atom is 0.0702 e. The number of benzene rings is 1. The van der Waals surface area contributed by atoms with Crippen molar-refractivity contribution in [1.82, 2.24) is 15.2 Å². The molecule has 2 aromatic rings. The molecule has 1 unspecified atom stereocenters. The minimum atomic E-state index is 0.787. The Labute approximate surface area is 139 Å². The number of nitrogens with zero attached hydrogens (tertiary/aromatic N) is 2. The molecule has 1 atom stereocenters. The van der Waals surface area contributed by atoms with Crippen molar-refractivity contribution < 1.29 is 0 Å². The van der Waals surface area contributed by atoms with E-state index in [-0.39, 0.29) is 0 Å². The van der Waals surface area contributed by atoms with Gasteiger partial charge in [0.2, 0.25) is 0 Å². The molecule has 2 saturated heterocycles. The number of piperidine rings is 2. The number of aromatic nitrogens is 1. The van der Waals surface area contributed by atoms with Gasteiger partial charge in [-0.15, -0.1) is 0 Å². The first kappa shape index (κ1) is 15.1. The molecule has 2 fully saturated rings. The van der Waals surface area contributed by atoms with Crippen LogP contribution < -0.4 is 5.32 Å². The van der Waals surface area contributed by atoms with Crippen molar-refractivity contribution in [2.45, 2.75) is 44.7 Å². The van der Waals surface area contributed by atoms with Gasteiger partial charge in [0.1, 0.15) is 0 Å². The summed E-state index contributed by atoms with van der Waals surface area (Å²) >= 11 is 0. The number of fused-ring (bicyclic) bond motifs is 1. The van der Waals surface area contributed by atoms with E-state index in [9.17, 15) is 0 Å². The molecule has 1 N–H and O–H groups in total. The second kappa shape index (κ2) is 6.98. The third-order valence-electron chi connectivity index (χ3n) is 5.65. The summed E-state index contributed by atoms with van der Waals surface area (Å²) in [7, 11) is 0. The van der Waals surface area contributed by atoms with Crippen molar-refractivity contribution in [3.8, 4) is 0 Å². The Morgan fingerprint density at radius 1 is 1.09 bits per heavy atom. The second-order valence-electron chi connectivity index (χ2n) is 7.15. The van der Waals surface area contributed by atoms with E-state index >= 15 is 0 Å². The van der Waals surface area contributed by atoms with Crippen molar-refractivity contribution in [1.29, 1.82) is 0 Å². The number of hydrogen-bond donors (Lipinski definition) is 1. The van der Waals surface area contributed by atoms with Crippen LogP contribution in [-0.2, 0) is 6.54 Å². The van der Waals surface area contributed by atoms with Gasteiger partial charge in [-0.05, 0) is 75.0 Å². The third-order valence-corrected chi connectivity index (χ3v) is 5.65. The Bertz CT molecular complexity index is 648. The number of hydrogen-bond acceptors (Lipinski definition) is 3. The highest BCUT2D eigenvalue weighted by atomic mass is 15.2. The molecule has 0 bridgehead atoms. The molecule has 0 aliphatic carbocycles. The molecule has 2 aliphatic heterocycles. The fraction of sp³-hybridized carbons (Fsp3) is 0.550. The molecule has 3 heteroatoms. The quantitative estimate of drug-likeness (QED) is 0.939. The van der Waals surface area contributed by atoms with E-state index in [1.807, 2.05) is 12.3 Å². The van der Waals surface area contributed by atoms with Crippen LogP contribution in [0.25, 0.3) is 10.9 Å². The fourth-order valence-corrected chi connectivity index (χ4v) is 4.43. The summed E-state index contributed by atoms with van der Waals surface area (Å²) in [4.78, 5) is 7.20. The van der Waals surface area contributed by atoms with Crippen LogP contribution in [0.4, 0.5) is 0 Å². The molecule has 4 rings (SSSR count). The van der Waals surface area contributed by atoms with Crippen LogP contribution in [0.1, 0.15) is 37.7 Å². The molecule has 0 radical (unpaired) electrons. The average Bonchev–Trinajstić information content (AvgIpc) is 2.63. The predicted octanol–water partition coefficient (Wildman–Crippen LogP) is 3.59. The topological polar surface area (TPSA) is 28.2 Å². The van der Waals surface area contributed by atoms with E-state index in [1.54, 1.807) is 0 Å². The largest absolute Gasteiger partial charge is 0.317 e. The molecule has 1 aromatic carbocycles. The zero-order valence-corrected chi connectivity index (χ0v) is 13.9. The number of rotatable bonds is 3. The Balaban J connectivity index is 1.52. The maximum absolute atomic E-state index is 4.44. The molecule has 2 aliphatic rings. The molecule has 0 saturated carbocycles. The number of nitrogens with one attached hydrogen (secondary N) is 1. The van der Waals surface area contributed by atoms with E-state index in [1.165, 1.54) is 62.7 Å². The highest BCUT2D eigenvalue weighted by Crippen LogP contribution is 2.30. The van der Waals surface area contributed by atoms with Crippen molar-refractivity contribution >= 4 is 10.9 Å². The Morgan fingerprint density at radius 3 is 2.91 bits per heavy atom. The van der Waals surface area contributed by atoms with E-state index in [4.69, 9.17) is 0 Å². The van der Waals surface area contributed by atoms with Gasteiger partial charge in [0, 0.05) is 24.2 Å². The second-order valence-corrected chi connectivity index (χ2v) is 7.15. The van der Waals surface area contributed by atoms with Crippen LogP contribution in [0, 0.1) is 5.92 Å². The van der Waals surface area contributed by atoms with Gasteiger partial charge >= 0.3 is 0 Å². The molecule has 0 amide bonds. The lowest BCUT2D eigenvalue weighted by atomic mass is 9.84. The van der Waals surface area contributed by atoms with Crippen molar-refractivity contribution in [3.05, 3.63) is 42.1 Å². The molecule has 3 heterocycles. The van der Waals surface area contributed by atoms with Gasteiger partial charge in [-0.2, -0.15) is 0 Å². The van der Waals surface area contributed by atoms with Crippen LogP contribution in [0.2, 0.25) is 0 Å². The van der Waals surface area contributed by atoms with E-state index in [0.29, 0.717) is 0 Å². The van der Waals surface area contributed by atoms with Crippen LogP contribution in [-0.4, -0.2) is 35.6 Å². The fourth-order valence-electron chi connectivity index (χ4n) is 4.43. The summed E-state index contributed by atoms with van der Waals surface area (Å²) in [6.07, 6.45) is 8.73. The minimum Gasteiger partial charge on any atom is -0.317 e. The summed E-state index contributed by atoms with van der Waals surface area (Å²) in [5, 5.41) is 4.78. The van der Waals surface area contributed by atoms with Gasteiger partial charge in [-0.25, -0.2) is 0 Å². The first-order valence-electron chi connectivity index (χ1n) is 9.18. The maximum atomic E-state index is 4.44. The molecular weight excluding hydrogens is 282 g/mol. The Kier molecular flexibility index (Phi) is 4.58. The monoisotopic (exact) mass is 309 g/mol. The zero-order valence-electron chi connectivity index (χ0n) is 13.9. The lowest BCUT2D eigenvalue weighted by molar-refractivity contribution is 0.0778. The zero-order chi connectivity index (χ0) is 15.5. The highest BCUT2D eigenvalue weighted by Gasteiger charge is 2.30. The lowest BCUT2D eigenvalue weighted by Gasteiger charge is -2.42. The summed E-state index contributed by atoms with van der Waals surface area (Å²) < 4.78 is 0. The highest BCUT2D eigenvalue weighted by molar-refractivity contribution is 5.78. The molecule has 122 valence electrons. The van der Waals surface area contributed by atoms with Gasteiger partial charge in [0.05, 0.1) is 5.52 Å². The minimum absolute atomic E-state index is 0.787. The first-order chi connectivity index (χ1) is 11.4. The smallest absolute Gasteiger partial charge is 0.0702 e. The summed E-state index contributed by atoms with van der Waals surface area (Å²) in [5.41, 5.74) is 2.54. The van der Waals surface area contributed by atoms with Gasteiger partial charge in [0.25, 0.3) is 0 Å². The van der Waals surface area contributed by atoms with Gasteiger partial charge in [-0.3, -0.25) is 9.88 Å². The molecule has 3 nitrogen and oxygen atoms in total. The normalized spacial score (nSPS) is 24.1. The first-order valence-corrected chi connectivity index (χ1v) is 9.18. The number of likely N-dealkylation sites (tertiary alicyclic amines) is 1. The van der Waals surface area contributed by atoms with Crippen molar-refractivity contribution in [2.24, 2.45) is 5.92 Å². The van der Waals surface area contributed by atoms with Gasteiger partial charge in [0.15, 0.2) is 0 Å². The third kappa shape index (κ3) is 3.41. The lowest BCUT2D eigenvalue weighted by Crippen LogP contribution is -2.46. The van der Waals surface area contributed by atoms with E-state index in [0.717, 1.165) is 24.0 Å². The molecule has 1 aromatic heterocycles. The standard InChI is InChI=1S/C20H27N3/c1-2-13-23(20(5-1)17-8-11-21-12-9-17)15-16-6-7-19-18(14-16)4-3-10-22-19/h3-4,6-7,10,14,17,20-21H,1-2,5,8-9,11-13,15H2. The number of pyridine rings is 1. The summed E-state index contributed by atoms with van der Waals surface area (Å²) in [6, 6.07) is 11.8. The Hall–Kier alpha value is -1.45.